The molecule has 0 fully saturated rings. The fourth-order valence-electron chi connectivity index (χ4n) is 1.45. The van der Waals surface area contributed by atoms with Crippen LogP contribution in [0.4, 0.5) is 0 Å². The molecule has 0 aliphatic rings. The molecule has 0 N–H and O–H groups in total. The van der Waals surface area contributed by atoms with Crippen molar-refractivity contribution in [1.82, 2.24) is 0 Å². The van der Waals surface area contributed by atoms with Crippen molar-refractivity contribution in [2.45, 2.75) is 60.3 Å². The standard InChI is InChI=1S/C10H20.C4H8O.C2H6/c1-5-8-10(7-3)9(4)6-2;1-3-4-5-2;1-2/h10H,4-8H2,1-3H3;3H,1,4H2,2H3;1-2H3. The molecule has 1 heteroatoms. The molecule has 0 spiro atoms. The van der Waals surface area contributed by atoms with Crippen LogP contribution in [-0.2, 0) is 4.74 Å². The van der Waals surface area contributed by atoms with E-state index in [0.29, 0.717) is 6.61 Å². The third-order valence-corrected chi connectivity index (χ3v) is 2.45. The van der Waals surface area contributed by atoms with Gasteiger partial charge in [-0.2, -0.15) is 0 Å². The summed E-state index contributed by atoms with van der Waals surface area (Å²) in [5, 5.41) is 0. The molecular weight excluding hydrogens is 208 g/mol. The van der Waals surface area contributed by atoms with Gasteiger partial charge >= 0.3 is 0 Å². The highest BCUT2D eigenvalue weighted by molar-refractivity contribution is 4.98. The topological polar surface area (TPSA) is 9.23 Å². The maximum Gasteiger partial charge on any atom is 0.0641 e. The fourth-order valence-corrected chi connectivity index (χ4v) is 1.45. The minimum Gasteiger partial charge on any atom is -0.381 e. The van der Waals surface area contributed by atoms with Gasteiger partial charge in [-0.25, -0.2) is 0 Å². The molecule has 0 aliphatic heterocycles. The summed E-state index contributed by atoms with van der Waals surface area (Å²) in [7, 11) is 1.64. The van der Waals surface area contributed by atoms with E-state index in [2.05, 4.69) is 38.7 Å². The van der Waals surface area contributed by atoms with Crippen LogP contribution < -0.4 is 0 Å². The van der Waals surface area contributed by atoms with E-state index < -0.39 is 0 Å². The van der Waals surface area contributed by atoms with Gasteiger partial charge in [0.1, 0.15) is 0 Å². The summed E-state index contributed by atoms with van der Waals surface area (Å²) in [5.74, 6) is 0.787. The van der Waals surface area contributed by atoms with Gasteiger partial charge in [-0.05, 0) is 25.2 Å². The number of ether oxygens (including phenoxy) is 1. The molecule has 1 atom stereocenters. The minimum absolute atomic E-state index is 0.653. The van der Waals surface area contributed by atoms with E-state index in [1.165, 1.54) is 24.8 Å². The second kappa shape index (κ2) is 20.8. The van der Waals surface area contributed by atoms with Gasteiger partial charge in [-0.15, -0.1) is 6.58 Å². The SMILES string of the molecule is C=C(CC)C(CC)CCC.C=CCOC.CC. The molecule has 1 unspecified atom stereocenters. The normalized spacial score (nSPS) is 10.2. The molecular formula is C16H34O. The molecule has 0 aromatic rings. The Morgan fingerprint density at radius 3 is 1.94 bits per heavy atom. The van der Waals surface area contributed by atoms with Crippen LogP contribution in [-0.4, -0.2) is 13.7 Å². The van der Waals surface area contributed by atoms with Crippen LogP contribution >= 0.6 is 0 Å². The molecule has 0 rings (SSSR count). The van der Waals surface area contributed by atoms with E-state index in [1.54, 1.807) is 13.2 Å². The smallest absolute Gasteiger partial charge is 0.0641 e. The monoisotopic (exact) mass is 242 g/mol. The molecule has 0 aromatic carbocycles. The number of methoxy groups -OCH3 is 1. The largest absolute Gasteiger partial charge is 0.381 e. The second-order valence-corrected chi connectivity index (χ2v) is 3.65. The van der Waals surface area contributed by atoms with Gasteiger partial charge in [-0.1, -0.05) is 59.3 Å². The Bertz CT molecular complexity index is 150. The zero-order valence-corrected chi connectivity index (χ0v) is 13.0. The lowest BCUT2D eigenvalue weighted by Gasteiger charge is -2.14. The lowest BCUT2D eigenvalue weighted by Crippen LogP contribution is -2.00. The van der Waals surface area contributed by atoms with E-state index in [-0.39, 0.29) is 0 Å². The summed E-state index contributed by atoms with van der Waals surface area (Å²) in [6.45, 7) is 18.8. The molecule has 0 radical (unpaired) electrons. The first-order chi connectivity index (χ1) is 8.17. The van der Waals surface area contributed by atoms with Crippen molar-refractivity contribution < 1.29 is 4.74 Å². The van der Waals surface area contributed by atoms with Crippen LogP contribution in [0.3, 0.4) is 0 Å². The second-order valence-electron chi connectivity index (χ2n) is 3.65. The average Bonchev–Trinajstić information content (AvgIpc) is 2.39. The Balaban J connectivity index is -0.000000236. The first-order valence-electron chi connectivity index (χ1n) is 6.95. The van der Waals surface area contributed by atoms with Gasteiger partial charge in [0.2, 0.25) is 0 Å². The van der Waals surface area contributed by atoms with Crippen molar-refractivity contribution >= 4 is 0 Å². The van der Waals surface area contributed by atoms with Crippen molar-refractivity contribution in [2.75, 3.05) is 13.7 Å². The third-order valence-electron chi connectivity index (χ3n) is 2.45. The van der Waals surface area contributed by atoms with Crippen LogP contribution in [0.15, 0.2) is 24.8 Å². The van der Waals surface area contributed by atoms with Gasteiger partial charge in [0, 0.05) is 7.11 Å². The lowest BCUT2D eigenvalue weighted by molar-refractivity contribution is 0.234. The lowest BCUT2D eigenvalue weighted by atomic mass is 9.91. The Morgan fingerprint density at radius 2 is 1.76 bits per heavy atom. The van der Waals surface area contributed by atoms with Crippen LogP contribution in [0.25, 0.3) is 0 Å². The van der Waals surface area contributed by atoms with Crippen molar-refractivity contribution in [3.05, 3.63) is 24.8 Å². The van der Waals surface area contributed by atoms with Gasteiger partial charge in [-0.3, -0.25) is 0 Å². The fraction of sp³-hybridized carbons (Fsp3) is 0.750. The summed E-state index contributed by atoms with van der Waals surface area (Å²) in [6.07, 6.45) is 6.74. The zero-order valence-electron chi connectivity index (χ0n) is 13.0. The molecule has 0 saturated heterocycles. The quantitative estimate of drug-likeness (QED) is 0.526. The minimum atomic E-state index is 0.653. The summed E-state index contributed by atoms with van der Waals surface area (Å²) >= 11 is 0. The predicted octanol–water partition coefficient (Wildman–Crippen LogP) is 5.62. The molecule has 0 amide bonds. The molecule has 1 nitrogen and oxygen atoms in total. The number of hydrogen-bond acceptors (Lipinski definition) is 1. The molecule has 0 heterocycles. The van der Waals surface area contributed by atoms with Crippen LogP contribution in [0.2, 0.25) is 0 Å². The van der Waals surface area contributed by atoms with E-state index in [0.717, 1.165) is 12.3 Å². The highest BCUT2D eigenvalue weighted by Crippen LogP contribution is 2.21. The van der Waals surface area contributed by atoms with Crippen molar-refractivity contribution in [3.63, 3.8) is 0 Å². The molecule has 0 aliphatic carbocycles. The van der Waals surface area contributed by atoms with E-state index in [4.69, 9.17) is 0 Å². The number of hydrogen-bond donors (Lipinski definition) is 0. The molecule has 104 valence electrons. The van der Waals surface area contributed by atoms with Crippen LogP contribution in [0, 0.1) is 5.92 Å². The van der Waals surface area contributed by atoms with Gasteiger partial charge < -0.3 is 4.74 Å². The Kier molecular flexibility index (Phi) is 26.6. The summed E-state index contributed by atoms with van der Waals surface area (Å²) in [6, 6.07) is 0. The Morgan fingerprint density at radius 1 is 1.24 bits per heavy atom. The predicted molar refractivity (Wildman–Crippen MR) is 81.5 cm³/mol. The Hall–Kier alpha value is -0.560. The maximum atomic E-state index is 4.57. The maximum absolute atomic E-state index is 4.57. The van der Waals surface area contributed by atoms with E-state index in [1.807, 2.05) is 13.8 Å². The number of rotatable bonds is 7. The van der Waals surface area contributed by atoms with Gasteiger partial charge in [0.05, 0.1) is 6.61 Å². The van der Waals surface area contributed by atoms with Crippen molar-refractivity contribution in [1.29, 1.82) is 0 Å². The van der Waals surface area contributed by atoms with Crippen LogP contribution in [0.1, 0.15) is 60.3 Å². The highest BCUT2D eigenvalue weighted by Gasteiger charge is 2.06. The van der Waals surface area contributed by atoms with Gasteiger partial charge in [0.15, 0.2) is 0 Å². The molecule has 0 bridgehead atoms. The number of allylic oxidation sites excluding steroid dienone is 1. The van der Waals surface area contributed by atoms with Crippen LogP contribution in [0.5, 0.6) is 0 Å². The van der Waals surface area contributed by atoms with Crippen molar-refractivity contribution in [3.8, 4) is 0 Å². The summed E-state index contributed by atoms with van der Waals surface area (Å²) in [4.78, 5) is 0. The molecule has 17 heavy (non-hydrogen) atoms. The average molecular weight is 242 g/mol. The van der Waals surface area contributed by atoms with Crippen molar-refractivity contribution in [2.24, 2.45) is 5.92 Å². The highest BCUT2D eigenvalue weighted by atomic mass is 16.5. The Labute approximate surface area is 110 Å². The molecule has 0 aromatic heterocycles. The van der Waals surface area contributed by atoms with E-state index >= 15 is 0 Å². The first-order valence-corrected chi connectivity index (χ1v) is 6.95. The molecule has 0 saturated carbocycles. The van der Waals surface area contributed by atoms with E-state index in [9.17, 15) is 0 Å². The summed E-state index contributed by atoms with van der Waals surface area (Å²) < 4.78 is 4.57. The summed E-state index contributed by atoms with van der Waals surface area (Å²) in [5.41, 5.74) is 1.43. The first kappa shape index (κ1) is 21.7. The van der Waals surface area contributed by atoms with Gasteiger partial charge in [0.25, 0.3) is 0 Å². The zero-order chi connectivity index (χ0) is 14.1. The third kappa shape index (κ3) is 18.0.